The second-order valence-electron chi connectivity index (χ2n) is 10.0. The number of rotatable bonds is 9. The van der Waals surface area contributed by atoms with Crippen LogP contribution < -0.4 is 0 Å². The van der Waals surface area contributed by atoms with Crippen molar-refractivity contribution in [2.45, 2.75) is 31.9 Å². The molecule has 0 aliphatic rings. The highest BCUT2D eigenvalue weighted by Gasteiger charge is 2.36. The molecule has 0 fully saturated rings. The van der Waals surface area contributed by atoms with E-state index in [-0.39, 0.29) is 5.16 Å². The van der Waals surface area contributed by atoms with E-state index in [0.717, 1.165) is 6.42 Å². The van der Waals surface area contributed by atoms with Gasteiger partial charge in [-0.2, -0.15) is 0 Å². The molecule has 0 unspecified atom stereocenters. The topological polar surface area (TPSA) is 17.8 Å². The highest BCUT2D eigenvalue weighted by Crippen LogP contribution is 2.34. The smallest absolute Gasteiger partial charge is 0.130 e. The molecule has 0 radical (unpaired) electrons. The average molecular weight is 539 g/mol. The number of allylic oxidation sites excluding steroid dienone is 2. The van der Waals surface area contributed by atoms with Crippen LogP contribution in [0.5, 0.6) is 0 Å². The Kier molecular flexibility index (Phi) is 10.7. The van der Waals surface area contributed by atoms with Gasteiger partial charge in [0.1, 0.15) is 7.85 Å². The molecular weight excluding hydrogens is 499 g/mol. The largest absolute Gasteiger partial charge is 0.326 e. The summed E-state index contributed by atoms with van der Waals surface area (Å²) in [6, 6.07) is 42.7. The number of imidazole rings is 1. The van der Waals surface area contributed by atoms with Gasteiger partial charge in [-0.3, -0.25) is 0 Å². The average Bonchev–Trinajstić information content (AvgIpc) is 3.57. The number of unbranched alkanes of at least 4 members (excludes halogenated alkanes) is 1. The molecule has 4 heteroatoms. The Morgan fingerprint density at radius 2 is 1.25 bits per heavy atom. The van der Waals surface area contributed by atoms with Gasteiger partial charge in [-0.15, -0.1) is 5.98 Å². The van der Waals surface area contributed by atoms with Crippen LogP contribution in [0.1, 0.15) is 48.9 Å². The molecule has 0 bridgehead atoms. The molecule has 1 heterocycles. The summed E-state index contributed by atoms with van der Waals surface area (Å²) in [5, 5.41) is 1.40. The summed E-state index contributed by atoms with van der Waals surface area (Å²) in [5.41, 5.74) is 6.51. The first-order chi connectivity index (χ1) is 19.7. The lowest BCUT2D eigenvalue weighted by Crippen LogP contribution is -2.42. The zero-order chi connectivity index (χ0) is 28.0. The predicted octanol–water partition coefficient (Wildman–Crippen LogP) is 7.21. The molecule has 0 N–H and O–H groups in total. The van der Waals surface area contributed by atoms with Crippen molar-refractivity contribution in [2.75, 3.05) is 0 Å². The van der Waals surface area contributed by atoms with Crippen molar-refractivity contribution in [1.29, 1.82) is 0 Å². The van der Waals surface area contributed by atoms with Gasteiger partial charge in [0.25, 0.3) is 0 Å². The summed E-state index contributed by atoms with van der Waals surface area (Å²) < 4.78 is 2.31. The number of aromatic nitrogens is 2. The maximum Gasteiger partial charge on any atom is 0.130 e. The molecule has 0 atom stereocenters. The van der Waals surface area contributed by atoms with E-state index in [0.29, 0.717) is 0 Å². The zero-order valence-electron chi connectivity index (χ0n) is 23.9. The summed E-state index contributed by atoms with van der Waals surface area (Å²) in [6.07, 6.45) is 10.8. The van der Waals surface area contributed by atoms with Gasteiger partial charge in [0.15, 0.2) is 0 Å². The third-order valence-electron chi connectivity index (χ3n) is 7.22. The summed E-state index contributed by atoms with van der Waals surface area (Å²) in [4.78, 5) is 4.37. The third kappa shape index (κ3) is 7.08. The van der Waals surface area contributed by atoms with E-state index in [1.54, 1.807) is 5.20 Å². The maximum atomic E-state index is 4.37. The van der Waals surface area contributed by atoms with Gasteiger partial charge in [0.05, 0.1) is 21.0 Å². The minimum Gasteiger partial charge on any atom is -0.326 e. The minimum atomic E-state index is -0.659. The van der Waals surface area contributed by atoms with E-state index in [2.05, 4.69) is 159 Å². The Morgan fingerprint density at radius 1 is 0.775 bits per heavy atom. The fraction of sp³-hybridized carbons (Fsp3) is 0.139. The summed E-state index contributed by atoms with van der Waals surface area (Å²) in [6.45, 7) is 4.54. The Hall–Kier alpha value is -4.15. The second-order valence-corrected chi connectivity index (χ2v) is 12.5. The van der Waals surface area contributed by atoms with Gasteiger partial charge in [0.2, 0.25) is 0 Å². The van der Waals surface area contributed by atoms with Gasteiger partial charge < -0.3 is 4.57 Å². The van der Waals surface area contributed by atoms with E-state index in [1.165, 1.54) is 34.2 Å². The Balaban J connectivity index is 0.000000210. The molecule has 1 aromatic heterocycles. The maximum absolute atomic E-state index is 4.37. The van der Waals surface area contributed by atoms with E-state index in [4.69, 9.17) is 0 Å². The second kappa shape index (κ2) is 14.9. The monoisotopic (exact) mass is 538 g/mol. The van der Waals surface area contributed by atoms with Crippen LogP contribution in [-0.2, 0) is 5.16 Å². The van der Waals surface area contributed by atoms with Crippen molar-refractivity contribution in [2.24, 2.45) is 0 Å². The van der Waals surface area contributed by atoms with Crippen LogP contribution in [0.2, 0.25) is 0 Å². The van der Waals surface area contributed by atoms with Gasteiger partial charge >= 0.3 is 0 Å². The SMILES string of the molecule is BC=C(c1ccccc1)c1ccccc1.CCCC=C(C)[SiH2]C(c1ccccc1)(c1ccccc1)n1ccnc1. The summed E-state index contributed by atoms with van der Waals surface area (Å²) in [5.74, 6) is 2.16. The summed E-state index contributed by atoms with van der Waals surface area (Å²) in [7, 11) is 1.42. The van der Waals surface area contributed by atoms with Crippen LogP contribution in [-0.4, -0.2) is 26.9 Å². The molecule has 2 nitrogen and oxygen atoms in total. The van der Waals surface area contributed by atoms with Crippen LogP contribution in [0.3, 0.4) is 0 Å². The zero-order valence-corrected chi connectivity index (χ0v) is 25.4. The van der Waals surface area contributed by atoms with Crippen molar-refractivity contribution in [3.63, 3.8) is 0 Å². The Morgan fingerprint density at radius 3 is 1.65 bits per heavy atom. The molecule has 5 aromatic rings. The molecular formula is C36H39BN2Si. The molecule has 0 amide bonds. The Bertz CT molecular complexity index is 1380. The van der Waals surface area contributed by atoms with Crippen molar-refractivity contribution >= 4 is 22.9 Å². The first kappa shape index (κ1) is 28.8. The van der Waals surface area contributed by atoms with Crippen LogP contribution in [0, 0.1) is 0 Å². The van der Waals surface area contributed by atoms with Crippen molar-refractivity contribution in [3.8, 4) is 0 Å². The highest BCUT2D eigenvalue weighted by molar-refractivity contribution is 6.50. The summed E-state index contributed by atoms with van der Waals surface area (Å²) >= 11 is 0. The van der Waals surface area contributed by atoms with Crippen molar-refractivity contribution in [3.05, 3.63) is 180 Å². The third-order valence-corrected chi connectivity index (χ3v) is 9.76. The number of hydrogen-bond acceptors (Lipinski definition) is 1. The quantitative estimate of drug-likeness (QED) is 0.181. The van der Waals surface area contributed by atoms with E-state index >= 15 is 0 Å². The molecule has 5 rings (SSSR count). The lowest BCUT2D eigenvalue weighted by atomic mass is 9.92. The Labute approximate surface area is 243 Å². The standard InChI is InChI=1S/C22H26N2Si.C14H13B/c1-3-4-11-19(2)25-22(24-17-16-23-18-24,20-12-7-5-8-13-20)21-14-9-6-10-15-21;15-11-14(12-7-3-1-4-8-12)13-9-5-2-6-10-13/h5-18H,3-4,25H2,1-2H3;1-11H,15H2. The predicted molar refractivity (Wildman–Crippen MR) is 177 cm³/mol. The first-order valence-electron chi connectivity index (χ1n) is 14.2. The van der Waals surface area contributed by atoms with Crippen LogP contribution in [0.15, 0.2) is 157 Å². The molecule has 40 heavy (non-hydrogen) atoms. The molecule has 0 spiro atoms. The fourth-order valence-corrected chi connectivity index (χ4v) is 7.68. The van der Waals surface area contributed by atoms with Crippen LogP contribution in [0.25, 0.3) is 5.57 Å². The normalized spacial score (nSPS) is 11.6. The van der Waals surface area contributed by atoms with E-state index in [9.17, 15) is 0 Å². The van der Waals surface area contributed by atoms with Crippen LogP contribution >= 0.6 is 0 Å². The number of hydrogen-bond donors (Lipinski definition) is 0. The molecule has 0 aliphatic heterocycles. The first-order valence-corrected chi connectivity index (χ1v) is 15.6. The fourth-order valence-electron chi connectivity index (χ4n) is 5.27. The van der Waals surface area contributed by atoms with E-state index in [1.807, 2.05) is 24.7 Å². The van der Waals surface area contributed by atoms with Gasteiger partial charge in [0, 0.05) is 12.4 Å². The molecule has 0 aliphatic carbocycles. The molecule has 200 valence electrons. The molecule has 0 saturated heterocycles. The number of nitrogens with zero attached hydrogens (tertiary/aromatic N) is 2. The van der Waals surface area contributed by atoms with Gasteiger partial charge in [-0.1, -0.05) is 146 Å². The highest BCUT2D eigenvalue weighted by atomic mass is 28.2. The van der Waals surface area contributed by atoms with Crippen molar-refractivity contribution < 1.29 is 0 Å². The lowest BCUT2D eigenvalue weighted by molar-refractivity contribution is 0.594. The molecule has 0 saturated carbocycles. The van der Waals surface area contributed by atoms with E-state index < -0.39 is 9.52 Å². The van der Waals surface area contributed by atoms with Crippen LogP contribution in [0.4, 0.5) is 0 Å². The molecule has 4 aromatic carbocycles. The minimum absolute atomic E-state index is 0.145. The van der Waals surface area contributed by atoms with Gasteiger partial charge in [-0.25, -0.2) is 4.98 Å². The lowest BCUT2D eigenvalue weighted by Gasteiger charge is -2.37. The number of benzene rings is 4. The van der Waals surface area contributed by atoms with Gasteiger partial charge in [-0.05, 0) is 41.2 Å². The van der Waals surface area contributed by atoms with Crippen molar-refractivity contribution in [1.82, 2.24) is 9.55 Å².